The van der Waals surface area contributed by atoms with E-state index in [0.29, 0.717) is 6.61 Å². The molecule has 1 fully saturated rings. The summed E-state index contributed by atoms with van der Waals surface area (Å²) >= 11 is 0. The molecule has 0 saturated heterocycles. The fourth-order valence-electron chi connectivity index (χ4n) is 3.45. The van der Waals surface area contributed by atoms with Gasteiger partial charge in [-0.25, -0.2) is 0 Å². The van der Waals surface area contributed by atoms with E-state index < -0.39 is 5.41 Å². The quantitative estimate of drug-likeness (QED) is 0.677. The summed E-state index contributed by atoms with van der Waals surface area (Å²) in [6.07, 6.45) is 5.59. The number of hydrogen-bond acceptors (Lipinski definition) is 3. The van der Waals surface area contributed by atoms with Crippen LogP contribution in [-0.2, 0) is 20.7 Å². The van der Waals surface area contributed by atoms with Crippen molar-refractivity contribution in [1.29, 1.82) is 0 Å². The molecule has 1 aliphatic rings. The van der Waals surface area contributed by atoms with Crippen LogP contribution in [0.5, 0.6) is 0 Å². The average Bonchev–Trinajstić information content (AvgIpc) is 2.96. The lowest BCUT2D eigenvalue weighted by molar-refractivity contribution is -0.164. The Balaban J connectivity index is 2.12. The van der Waals surface area contributed by atoms with Crippen LogP contribution in [0.4, 0.5) is 0 Å². The van der Waals surface area contributed by atoms with Gasteiger partial charge in [-0.15, -0.1) is 0 Å². The van der Waals surface area contributed by atoms with Crippen molar-refractivity contribution in [2.75, 3.05) is 13.2 Å². The van der Waals surface area contributed by atoms with Crippen LogP contribution in [0.3, 0.4) is 0 Å². The average molecular weight is 304 g/mol. The first-order valence-electron chi connectivity index (χ1n) is 8.55. The highest BCUT2D eigenvalue weighted by atomic mass is 16.5. The predicted molar refractivity (Wildman–Crippen MR) is 87.7 cm³/mol. The van der Waals surface area contributed by atoms with E-state index in [4.69, 9.17) is 9.47 Å². The first kappa shape index (κ1) is 17.0. The van der Waals surface area contributed by atoms with Crippen LogP contribution in [0.1, 0.15) is 51.5 Å². The SMILES string of the molecule is CCCOC1CCCC1(CCc1ccccc1)C(=O)OCC. The van der Waals surface area contributed by atoms with Gasteiger partial charge in [-0.2, -0.15) is 0 Å². The van der Waals surface area contributed by atoms with Crippen LogP contribution < -0.4 is 0 Å². The van der Waals surface area contributed by atoms with Crippen molar-refractivity contribution in [1.82, 2.24) is 0 Å². The fraction of sp³-hybridized carbons (Fsp3) is 0.632. The molecule has 0 aromatic heterocycles. The monoisotopic (exact) mass is 304 g/mol. The topological polar surface area (TPSA) is 35.5 Å². The number of ether oxygens (including phenoxy) is 2. The van der Waals surface area contributed by atoms with Crippen LogP contribution >= 0.6 is 0 Å². The molecule has 0 amide bonds. The molecule has 0 heterocycles. The zero-order chi connectivity index (χ0) is 15.8. The van der Waals surface area contributed by atoms with Crippen LogP contribution in [0, 0.1) is 5.41 Å². The predicted octanol–water partition coefficient (Wildman–Crippen LogP) is 4.15. The van der Waals surface area contributed by atoms with Crippen LogP contribution in [0.25, 0.3) is 0 Å². The summed E-state index contributed by atoms with van der Waals surface area (Å²) in [4.78, 5) is 12.7. The van der Waals surface area contributed by atoms with E-state index in [1.807, 2.05) is 25.1 Å². The molecule has 3 nitrogen and oxygen atoms in total. The molecule has 0 aliphatic heterocycles. The third-order valence-corrected chi connectivity index (χ3v) is 4.61. The van der Waals surface area contributed by atoms with Crippen molar-refractivity contribution in [3.63, 3.8) is 0 Å². The number of carbonyl (C=O) groups is 1. The molecule has 1 aromatic carbocycles. The Kier molecular flexibility index (Phi) is 6.44. The summed E-state index contributed by atoms with van der Waals surface area (Å²) in [6.45, 7) is 5.13. The third-order valence-electron chi connectivity index (χ3n) is 4.61. The number of aryl methyl sites for hydroxylation is 1. The van der Waals surface area contributed by atoms with Gasteiger partial charge in [0.05, 0.1) is 18.1 Å². The van der Waals surface area contributed by atoms with Gasteiger partial charge in [0.1, 0.15) is 0 Å². The molecule has 1 aromatic rings. The van der Waals surface area contributed by atoms with Gasteiger partial charge >= 0.3 is 5.97 Å². The smallest absolute Gasteiger partial charge is 0.314 e. The molecule has 0 N–H and O–H groups in total. The lowest BCUT2D eigenvalue weighted by atomic mass is 9.78. The van der Waals surface area contributed by atoms with Gasteiger partial charge in [-0.3, -0.25) is 4.79 Å². The van der Waals surface area contributed by atoms with E-state index in [1.165, 1.54) is 5.56 Å². The van der Waals surface area contributed by atoms with E-state index in [9.17, 15) is 4.79 Å². The molecule has 1 saturated carbocycles. The number of hydrogen-bond donors (Lipinski definition) is 0. The summed E-state index contributed by atoms with van der Waals surface area (Å²) in [5.74, 6) is -0.0652. The second-order valence-electron chi connectivity index (χ2n) is 6.11. The van der Waals surface area contributed by atoms with Crippen molar-refractivity contribution in [3.8, 4) is 0 Å². The van der Waals surface area contributed by atoms with Crippen molar-refractivity contribution in [2.24, 2.45) is 5.41 Å². The maximum absolute atomic E-state index is 12.7. The molecule has 2 atom stereocenters. The van der Waals surface area contributed by atoms with Crippen LogP contribution in [-0.4, -0.2) is 25.3 Å². The number of benzene rings is 1. The Morgan fingerprint density at radius 1 is 1.27 bits per heavy atom. The summed E-state index contributed by atoms with van der Waals surface area (Å²) < 4.78 is 11.4. The Bertz CT molecular complexity index is 457. The minimum absolute atomic E-state index is 0.00946. The van der Waals surface area contributed by atoms with Crippen molar-refractivity contribution >= 4 is 5.97 Å². The number of carbonyl (C=O) groups excluding carboxylic acids is 1. The largest absolute Gasteiger partial charge is 0.465 e. The normalized spacial score (nSPS) is 24.4. The zero-order valence-corrected chi connectivity index (χ0v) is 13.8. The minimum atomic E-state index is -0.457. The van der Waals surface area contributed by atoms with Gasteiger partial charge in [0.25, 0.3) is 0 Å². The first-order chi connectivity index (χ1) is 10.7. The summed E-state index contributed by atoms with van der Waals surface area (Å²) in [7, 11) is 0. The van der Waals surface area contributed by atoms with E-state index in [1.54, 1.807) is 0 Å². The molecule has 122 valence electrons. The molecule has 2 unspecified atom stereocenters. The highest BCUT2D eigenvalue weighted by Gasteiger charge is 2.50. The highest BCUT2D eigenvalue weighted by molar-refractivity contribution is 5.78. The molecule has 22 heavy (non-hydrogen) atoms. The van der Waals surface area contributed by atoms with Gasteiger partial charge in [0, 0.05) is 6.61 Å². The molecule has 2 rings (SSSR count). The second-order valence-corrected chi connectivity index (χ2v) is 6.11. The van der Waals surface area contributed by atoms with Crippen molar-refractivity contribution in [2.45, 2.75) is 58.5 Å². The maximum atomic E-state index is 12.7. The Morgan fingerprint density at radius 2 is 2.05 bits per heavy atom. The van der Waals surface area contributed by atoms with Gasteiger partial charge in [-0.1, -0.05) is 37.3 Å². The molecule has 0 spiro atoms. The van der Waals surface area contributed by atoms with E-state index >= 15 is 0 Å². The van der Waals surface area contributed by atoms with Gasteiger partial charge in [0.15, 0.2) is 0 Å². The molecule has 0 radical (unpaired) electrons. The number of esters is 1. The van der Waals surface area contributed by atoms with Crippen LogP contribution in [0.15, 0.2) is 30.3 Å². The summed E-state index contributed by atoms with van der Waals surface area (Å²) in [5, 5.41) is 0. The van der Waals surface area contributed by atoms with Crippen molar-refractivity contribution < 1.29 is 14.3 Å². The lowest BCUT2D eigenvalue weighted by Gasteiger charge is -2.33. The van der Waals surface area contributed by atoms with E-state index in [-0.39, 0.29) is 12.1 Å². The van der Waals surface area contributed by atoms with Gasteiger partial charge in [0.2, 0.25) is 0 Å². The lowest BCUT2D eigenvalue weighted by Crippen LogP contribution is -2.42. The maximum Gasteiger partial charge on any atom is 0.314 e. The standard InChI is InChI=1S/C19H28O3/c1-3-15-22-17-11-8-13-19(17,18(20)21-4-2)14-12-16-9-6-5-7-10-16/h5-7,9-10,17H,3-4,8,11-15H2,1-2H3. The molecule has 0 bridgehead atoms. The minimum Gasteiger partial charge on any atom is -0.465 e. The Labute approximate surface area is 134 Å². The third kappa shape index (κ3) is 3.89. The molecular weight excluding hydrogens is 276 g/mol. The Hall–Kier alpha value is -1.35. The Morgan fingerprint density at radius 3 is 2.73 bits per heavy atom. The molecule has 3 heteroatoms. The molecule has 1 aliphatic carbocycles. The summed E-state index contributed by atoms with van der Waals surface area (Å²) in [6, 6.07) is 10.4. The van der Waals surface area contributed by atoms with Gasteiger partial charge < -0.3 is 9.47 Å². The van der Waals surface area contributed by atoms with E-state index in [0.717, 1.165) is 45.1 Å². The van der Waals surface area contributed by atoms with Crippen LogP contribution in [0.2, 0.25) is 0 Å². The van der Waals surface area contributed by atoms with E-state index in [2.05, 4.69) is 19.1 Å². The summed E-state index contributed by atoms with van der Waals surface area (Å²) in [5.41, 5.74) is 0.813. The van der Waals surface area contributed by atoms with Gasteiger partial charge in [-0.05, 0) is 51.0 Å². The highest BCUT2D eigenvalue weighted by Crippen LogP contribution is 2.45. The number of rotatable bonds is 8. The molecular formula is C19H28O3. The zero-order valence-electron chi connectivity index (χ0n) is 13.8. The first-order valence-corrected chi connectivity index (χ1v) is 8.55. The second kappa shape index (κ2) is 8.33. The van der Waals surface area contributed by atoms with Crippen molar-refractivity contribution in [3.05, 3.63) is 35.9 Å². The fourth-order valence-corrected chi connectivity index (χ4v) is 3.45.